The van der Waals surface area contributed by atoms with Gasteiger partial charge in [-0.25, -0.2) is 0 Å². The molecule has 19 heavy (non-hydrogen) atoms. The van der Waals surface area contributed by atoms with Crippen LogP contribution in [0, 0.1) is 11.8 Å². The maximum atomic E-state index is 5.83. The Morgan fingerprint density at radius 2 is 2.11 bits per heavy atom. The van der Waals surface area contributed by atoms with Gasteiger partial charge in [-0.2, -0.15) is 0 Å². The molecule has 106 valence electrons. The van der Waals surface area contributed by atoms with Gasteiger partial charge in [-0.05, 0) is 37.7 Å². The van der Waals surface area contributed by atoms with Crippen LogP contribution in [0.4, 0.5) is 0 Å². The largest absolute Gasteiger partial charge is 0.494 e. The van der Waals surface area contributed by atoms with Gasteiger partial charge in [0, 0.05) is 5.56 Å². The second-order valence-electron chi connectivity index (χ2n) is 5.46. The van der Waals surface area contributed by atoms with Gasteiger partial charge in [-0.15, -0.1) is 0 Å². The Morgan fingerprint density at radius 3 is 2.74 bits per heavy atom. The molecule has 3 unspecified atom stereocenters. The highest BCUT2D eigenvalue weighted by Gasteiger charge is 2.31. The van der Waals surface area contributed by atoms with Gasteiger partial charge in [-0.3, -0.25) is 11.3 Å². The van der Waals surface area contributed by atoms with Crippen LogP contribution in [0.2, 0.25) is 0 Å². The van der Waals surface area contributed by atoms with Crippen LogP contribution in [0.5, 0.6) is 5.75 Å². The highest BCUT2D eigenvalue weighted by molar-refractivity contribution is 5.36. The van der Waals surface area contributed by atoms with E-state index in [1.165, 1.54) is 31.2 Å². The highest BCUT2D eigenvalue weighted by Crippen LogP contribution is 2.42. The van der Waals surface area contributed by atoms with E-state index < -0.39 is 0 Å². The third kappa shape index (κ3) is 3.28. The number of hydrazine groups is 1. The zero-order valence-electron chi connectivity index (χ0n) is 12.1. The molecule has 3 N–H and O–H groups in total. The van der Waals surface area contributed by atoms with Gasteiger partial charge in [0.15, 0.2) is 0 Å². The number of ether oxygens (including phenoxy) is 1. The van der Waals surface area contributed by atoms with E-state index in [0.717, 1.165) is 11.7 Å². The molecule has 3 atom stereocenters. The molecular weight excluding hydrogens is 236 g/mol. The van der Waals surface area contributed by atoms with Crippen molar-refractivity contribution in [3.05, 3.63) is 29.8 Å². The fraction of sp³-hybridized carbons (Fsp3) is 0.625. The number of rotatable bonds is 6. The molecule has 1 saturated carbocycles. The third-order valence-electron chi connectivity index (χ3n) is 4.36. The van der Waals surface area contributed by atoms with Crippen LogP contribution in [0.1, 0.15) is 51.1 Å². The van der Waals surface area contributed by atoms with Crippen LogP contribution in [0.3, 0.4) is 0 Å². The van der Waals surface area contributed by atoms with Crippen molar-refractivity contribution in [3.63, 3.8) is 0 Å². The summed E-state index contributed by atoms with van der Waals surface area (Å²) in [4.78, 5) is 0. The maximum absolute atomic E-state index is 5.83. The summed E-state index contributed by atoms with van der Waals surface area (Å²) >= 11 is 0. The fourth-order valence-corrected chi connectivity index (χ4v) is 3.29. The molecule has 0 radical (unpaired) electrons. The van der Waals surface area contributed by atoms with Gasteiger partial charge < -0.3 is 4.74 Å². The summed E-state index contributed by atoms with van der Waals surface area (Å²) in [6.45, 7) is 4.99. The van der Waals surface area contributed by atoms with Crippen LogP contribution >= 0.6 is 0 Å². The Morgan fingerprint density at radius 1 is 1.32 bits per heavy atom. The minimum absolute atomic E-state index is 0.208. The quantitative estimate of drug-likeness (QED) is 0.610. The first-order valence-electron chi connectivity index (χ1n) is 7.47. The smallest absolute Gasteiger partial charge is 0.124 e. The highest BCUT2D eigenvalue weighted by atomic mass is 16.5. The summed E-state index contributed by atoms with van der Waals surface area (Å²) in [6.07, 6.45) is 5.14. The molecule has 0 aromatic heterocycles. The first-order chi connectivity index (χ1) is 9.30. The summed E-state index contributed by atoms with van der Waals surface area (Å²) in [5, 5.41) is 0. The monoisotopic (exact) mass is 262 g/mol. The molecule has 0 spiro atoms. The second kappa shape index (κ2) is 6.92. The van der Waals surface area contributed by atoms with Gasteiger partial charge in [0.1, 0.15) is 5.75 Å². The van der Waals surface area contributed by atoms with Crippen molar-refractivity contribution in [2.24, 2.45) is 17.7 Å². The van der Waals surface area contributed by atoms with E-state index in [1.807, 2.05) is 19.1 Å². The molecule has 1 aromatic carbocycles. The molecule has 0 amide bonds. The molecule has 1 aliphatic rings. The van der Waals surface area contributed by atoms with Gasteiger partial charge in [0.25, 0.3) is 0 Å². The number of nitrogens with two attached hydrogens (primary N) is 1. The van der Waals surface area contributed by atoms with Crippen molar-refractivity contribution >= 4 is 0 Å². The Balaban J connectivity index is 2.17. The van der Waals surface area contributed by atoms with Gasteiger partial charge in [0.2, 0.25) is 0 Å². The van der Waals surface area contributed by atoms with E-state index in [2.05, 4.69) is 24.5 Å². The van der Waals surface area contributed by atoms with Crippen molar-refractivity contribution in [3.8, 4) is 5.75 Å². The van der Waals surface area contributed by atoms with Crippen molar-refractivity contribution in [1.82, 2.24) is 5.43 Å². The van der Waals surface area contributed by atoms with E-state index >= 15 is 0 Å². The van der Waals surface area contributed by atoms with E-state index in [9.17, 15) is 0 Å². The van der Waals surface area contributed by atoms with E-state index in [-0.39, 0.29) is 6.04 Å². The van der Waals surface area contributed by atoms with Crippen molar-refractivity contribution in [1.29, 1.82) is 0 Å². The number of nitrogens with one attached hydrogen (secondary N) is 1. The van der Waals surface area contributed by atoms with Crippen LogP contribution in [0.15, 0.2) is 24.3 Å². The summed E-state index contributed by atoms with van der Waals surface area (Å²) in [5.74, 6) is 8.28. The third-order valence-corrected chi connectivity index (χ3v) is 4.36. The van der Waals surface area contributed by atoms with Crippen LogP contribution in [-0.4, -0.2) is 6.61 Å². The molecule has 1 aliphatic carbocycles. The fourth-order valence-electron chi connectivity index (χ4n) is 3.29. The number of benzene rings is 1. The van der Waals surface area contributed by atoms with Crippen LogP contribution in [0.25, 0.3) is 0 Å². The zero-order valence-corrected chi connectivity index (χ0v) is 12.1. The first kappa shape index (κ1) is 14.4. The minimum Gasteiger partial charge on any atom is -0.494 e. The van der Waals surface area contributed by atoms with Gasteiger partial charge in [0.05, 0.1) is 12.6 Å². The molecule has 2 rings (SSSR count). The molecule has 0 heterocycles. The topological polar surface area (TPSA) is 47.3 Å². The summed E-state index contributed by atoms with van der Waals surface area (Å²) in [6, 6.07) is 8.46. The summed E-state index contributed by atoms with van der Waals surface area (Å²) in [5.41, 5.74) is 4.23. The Labute approximate surface area is 116 Å². The molecular formula is C16H26N2O. The van der Waals surface area contributed by atoms with Crippen LogP contribution in [-0.2, 0) is 0 Å². The lowest BCUT2D eigenvalue weighted by Gasteiger charge is -2.25. The molecule has 3 heteroatoms. The second-order valence-corrected chi connectivity index (χ2v) is 5.46. The molecule has 0 aliphatic heterocycles. The average molecular weight is 262 g/mol. The lowest BCUT2D eigenvalue weighted by Crippen LogP contribution is -2.33. The SMILES string of the molecule is CCOc1ccccc1C(NN)C1CCC(CC)C1. The standard InChI is InChI=1S/C16H26N2O/c1-3-12-9-10-13(11-12)16(18-17)14-7-5-6-8-15(14)19-4-2/h5-8,12-13,16,18H,3-4,9-11,17H2,1-2H3. The van der Waals surface area contributed by atoms with Crippen LogP contribution < -0.4 is 16.0 Å². The predicted molar refractivity (Wildman–Crippen MR) is 78.8 cm³/mol. The first-order valence-corrected chi connectivity index (χ1v) is 7.47. The van der Waals surface area contributed by atoms with Crippen molar-refractivity contribution in [2.75, 3.05) is 6.61 Å². The molecule has 0 saturated heterocycles. The molecule has 1 fully saturated rings. The maximum Gasteiger partial charge on any atom is 0.124 e. The van der Waals surface area contributed by atoms with E-state index in [4.69, 9.17) is 10.6 Å². The normalized spacial score (nSPS) is 24.4. The minimum atomic E-state index is 0.208. The van der Waals surface area contributed by atoms with Gasteiger partial charge in [-0.1, -0.05) is 38.0 Å². The lowest BCUT2D eigenvalue weighted by atomic mass is 9.90. The average Bonchev–Trinajstić information content (AvgIpc) is 2.91. The predicted octanol–water partition coefficient (Wildman–Crippen LogP) is 3.42. The zero-order chi connectivity index (χ0) is 13.7. The number of para-hydroxylation sites is 1. The van der Waals surface area contributed by atoms with Crippen molar-refractivity contribution in [2.45, 2.75) is 45.6 Å². The Kier molecular flexibility index (Phi) is 5.23. The van der Waals surface area contributed by atoms with Gasteiger partial charge >= 0.3 is 0 Å². The van der Waals surface area contributed by atoms with E-state index in [1.54, 1.807) is 0 Å². The molecule has 3 nitrogen and oxygen atoms in total. The Hall–Kier alpha value is -1.06. The molecule has 0 bridgehead atoms. The molecule has 1 aromatic rings. The number of hydrogen-bond donors (Lipinski definition) is 2. The summed E-state index contributed by atoms with van der Waals surface area (Å²) in [7, 11) is 0. The van der Waals surface area contributed by atoms with Crippen molar-refractivity contribution < 1.29 is 4.74 Å². The Bertz CT molecular complexity index is 394. The number of hydrogen-bond acceptors (Lipinski definition) is 3. The lowest BCUT2D eigenvalue weighted by molar-refractivity contribution is 0.311. The van der Waals surface area contributed by atoms with E-state index in [0.29, 0.717) is 12.5 Å². The summed E-state index contributed by atoms with van der Waals surface area (Å²) < 4.78 is 5.74.